The lowest BCUT2D eigenvalue weighted by Gasteiger charge is -2.01. The summed E-state index contributed by atoms with van der Waals surface area (Å²) < 4.78 is 14.8. The number of epoxide rings is 1. The third-order valence-corrected chi connectivity index (χ3v) is 1.56. The average molecular weight is 186 g/mol. The van der Waals surface area contributed by atoms with E-state index < -0.39 is 0 Å². The zero-order chi connectivity index (χ0) is 9.52. The molecule has 1 aliphatic rings. The van der Waals surface area contributed by atoms with Gasteiger partial charge in [-0.2, -0.15) is 0 Å². The molecule has 4 nitrogen and oxygen atoms in total. The molecule has 1 heterocycles. The third kappa shape index (κ3) is 5.38. The average Bonchev–Trinajstić information content (AvgIpc) is 2.94. The summed E-state index contributed by atoms with van der Waals surface area (Å²) in [5.41, 5.74) is 0. The van der Waals surface area contributed by atoms with E-state index in [1.54, 1.807) is 0 Å². The Bertz CT molecular complexity index is 174. The molecule has 0 amide bonds. The molecular weight excluding hydrogens is 172 g/mol. The Morgan fingerprint density at radius 1 is 1.54 bits per heavy atom. The normalized spacial score (nSPS) is 19.5. The van der Waals surface area contributed by atoms with Crippen LogP contribution in [-0.4, -0.2) is 32.1 Å². The van der Waals surface area contributed by atoms with Crippen LogP contribution >= 0.6 is 0 Å². The molecule has 74 valence electrons. The monoisotopic (exact) mass is 186 g/mol. The van der Waals surface area contributed by atoms with Gasteiger partial charge in [-0.25, -0.2) is 4.79 Å². The summed E-state index contributed by atoms with van der Waals surface area (Å²) >= 11 is 0. The highest BCUT2D eigenvalue weighted by Crippen LogP contribution is 2.10. The Balaban J connectivity index is 1.77. The molecule has 0 spiro atoms. The van der Waals surface area contributed by atoms with Gasteiger partial charge in [-0.3, -0.25) is 0 Å². The third-order valence-electron chi connectivity index (χ3n) is 1.56. The Labute approximate surface area is 77.5 Å². The van der Waals surface area contributed by atoms with Gasteiger partial charge in [-0.1, -0.05) is 6.58 Å². The van der Waals surface area contributed by atoms with E-state index in [-0.39, 0.29) is 12.3 Å². The predicted octanol–water partition coefficient (Wildman–Crippen LogP) is 0.869. The van der Waals surface area contributed by atoms with Crippen molar-refractivity contribution in [3.8, 4) is 0 Å². The van der Waals surface area contributed by atoms with Crippen molar-refractivity contribution in [2.75, 3.05) is 19.8 Å². The van der Waals surface area contributed by atoms with Crippen molar-refractivity contribution in [2.24, 2.45) is 0 Å². The predicted molar refractivity (Wildman–Crippen MR) is 46.1 cm³/mol. The van der Waals surface area contributed by atoms with Gasteiger partial charge < -0.3 is 14.2 Å². The molecule has 1 unspecified atom stereocenters. The van der Waals surface area contributed by atoms with E-state index in [4.69, 9.17) is 14.2 Å². The maximum absolute atomic E-state index is 10.6. The number of unbranched alkanes of at least 4 members (excludes halogenated alkanes) is 1. The second-order valence-electron chi connectivity index (χ2n) is 2.71. The van der Waals surface area contributed by atoms with E-state index in [0.29, 0.717) is 19.8 Å². The summed E-state index contributed by atoms with van der Waals surface area (Å²) in [5, 5.41) is 0. The first-order chi connectivity index (χ1) is 6.33. The van der Waals surface area contributed by atoms with Crippen LogP contribution in [0.5, 0.6) is 0 Å². The van der Waals surface area contributed by atoms with Crippen LogP contribution in [0.2, 0.25) is 0 Å². The van der Waals surface area contributed by atoms with E-state index in [2.05, 4.69) is 6.58 Å². The fraction of sp³-hybridized carbons (Fsp3) is 0.667. The van der Waals surface area contributed by atoms with Gasteiger partial charge in [-0.15, -0.1) is 0 Å². The summed E-state index contributed by atoms with van der Waals surface area (Å²) in [6.45, 7) is 5.10. The minimum absolute atomic E-state index is 0.0238. The molecule has 1 fully saturated rings. The lowest BCUT2D eigenvalue weighted by molar-refractivity contribution is -0.137. The van der Waals surface area contributed by atoms with E-state index in [9.17, 15) is 4.79 Å². The van der Waals surface area contributed by atoms with Crippen LogP contribution in [0.1, 0.15) is 12.8 Å². The largest absolute Gasteiger partial charge is 0.463 e. The smallest absolute Gasteiger partial charge is 0.330 e. The standard InChI is InChI=1S/C9H14O4/c1-2-8(10)11-5-3-4-6-12-9-7-13-9/h2,9H,1,3-7H2. The molecule has 1 saturated heterocycles. The lowest BCUT2D eigenvalue weighted by atomic mass is 10.3. The van der Waals surface area contributed by atoms with Crippen LogP contribution < -0.4 is 0 Å². The van der Waals surface area contributed by atoms with E-state index in [1.165, 1.54) is 0 Å². The van der Waals surface area contributed by atoms with Crippen LogP contribution in [0, 0.1) is 0 Å². The van der Waals surface area contributed by atoms with Crippen LogP contribution in [-0.2, 0) is 19.0 Å². The van der Waals surface area contributed by atoms with Gasteiger partial charge in [0.1, 0.15) is 6.61 Å². The summed E-state index contributed by atoms with van der Waals surface area (Å²) in [6.07, 6.45) is 2.88. The van der Waals surface area contributed by atoms with Crippen LogP contribution in [0.25, 0.3) is 0 Å². The van der Waals surface area contributed by atoms with Crippen molar-refractivity contribution in [3.63, 3.8) is 0 Å². The summed E-state index contributed by atoms with van der Waals surface area (Å²) in [7, 11) is 0. The number of hydrogen-bond donors (Lipinski definition) is 0. The van der Waals surface area contributed by atoms with Gasteiger partial charge in [0.25, 0.3) is 0 Å². The van der Waals surface area contributed by atoms with Gasteiger partial charge in [0.2, 0.25) is 0 Å². The van der Waals surface area contributed by atoms with Gasteiger partial charge in [0.05, 0.1) is 6.61 Å². The van der Waals surface area contributed by atoms with Gasteiger partial charge in [0, 0.05) is 12.7 Å². The molecule has 0 aromatic rings. The molecule has 0 radical (unpaired) electrons. The zero-order valence-corrected chi connectivity index (χ0v) is 7.53. The lowest BCUT2D eigenvalue weighted by Crippen LogP contribution is -2.04. The first kappa shape index (κ1) is 10.2. The summed E-state index contributed by atoms with van der Waals surface area (Å²) in [5.74, 6) is -0.369. The summed E-state index contributed by atoms with van der Waals surface area (Å²) in [6, 6.07) is 0. The molecule has 0 aromatic carbocycles. The maximum Gasteiger partial charge on any atom is 0.330 e. The van der Waals surface area contributed by atoms with Crippen molar-refractivity contribution in [1.29, 1.82) is 0 Å². The first-order valence-corrected chi connectivity index (χ1v) is 4.35. The number of rotatable bonds is 7. The molecule has 13 heavy (non-hydrogen) atoms. The molecule has 1 atom stereocenters. The van der Waals surface area contributed by atoms with Crippen LogP contribution in [0.3, 0.4) is 0 Å². The number of hydrogen-bond acceptors (Lipinski definition) is 4. The highest BCUT2D eigenvalue weighted by Gasteiger charge is 2.22. The molecule has 4 heteroatoms. The quantitative estimate of drug-likeness (QED) is 0.256. The second-order valence-corrected chi connectivity index (χ2v) is 2.71. The highest BCUT2D eigenvalue weighted by atomic mass is 16.8. The van der Waals surface area contributed by atoms with Gasteiger partial charge in [0.15, 0.2) is 6.29 Å². The van der Waals surface area contributed by atoms with E-state index >= 15 is 0 Å². The Morgan fingerprint density at radius 3 is 2.85 bits per heavy atom. The van der Waals surface area contributed by atoms with Crippen molar-refractivity contribution >= 4 is 5.97 Å². The molecular formula is C9H14O4. The molecule has 1 rings (SSSR count). The first-order valence-electron chi connectivity index (χ1n) is 4.35. The zero-order valence-electron chi connectivity index (χ0n) is 7.53. The minimum atomic E-state index is -0.369. The number of esters is 1. The summed E-state index contributed by atoms with van der Waals surface area (Å²) in [4.78, 5) is 10.6. The topological polar surface area (TPSA) is 48.1 Å². The molecule has 0 bridgehead atoms. The molecule has 0 aliphatic carbocycles. The molecule has 0 saturated carbocycles. The van der Waals surface area contributed by atoms with Crippen LogP contribution in [0.15, 0.2) is 12.7 Å². The maximum atomic E-state index is 10.6. The minimum Gasteiger partial charge on any atom is -0.463 e. The fourth-order valence-electron chi connectivity index (χ4n) is 0.786. The highest BCUT2D eigenvalue weighted by molar-refractivity contribution is 5.81. The molecule has 1 aliphatic heterocycles. The van der Waals surface area contributed by atoms with Crippen molar-refractivity contribution in [2.45, 2.75) is 19.1 Å². The Hall–Kier alpha value is -0.870. The van der Waals surface area contributed by atoms with Crippen molar-refractivity contribution in [3.05, 3.63) is 12.7 Å². The van der Waals surface area contributed by atoms with Crippen molar-refractivity contribution < 1.29 is 19.0 Å². The van der Waals surface area contributed by atoms with E-state index in [1.807, 2.05) is 0 Å². The number of carbonyl (C=O) groups excluding carboxylic acids is 1. The van der Waals surface area contributed by atoms with Gasteiger partial charge in [-0.05, 0) is 12.8 Å². The second kappa shape index (κ2) is 5.72. The number of carbonyl (C=O) groups is 1. The van der Waals surface area contributed by atoms with Crippen LogP contribution in [0.4, 0.5) is 0 Å². The Kier molecular flexibility index (Phi) is 4.49. The van der Waals surface area contributed by atoms with E-state index in [0.717, 1.165) is 18.9 Å². The van der Waals surface area contributed by atoms with Gasteiger partial charge >= 0.3 is 5.97 Å². The number of ether oxygens (including phenoxy) is 3. The Morgan fingerprint density at radius 2 is 2.23 bits per heavy atom. The SMILES string of the molecule is C=CC(=O)OCCCCOC1CO1. The van der Waals surface area contributed by atoms with Crippen molar-refractivity contribution in [1.82, 2.24) is 0 Å². The molecule has 0 aromatic heterocycles. The fourth-order valence-corrected chi connectivity index (χ4v) is 0.786. The molecule has 0 N–H and O–H groups in total.